The minimum Gasteiger partial charge on any atom is -0.358 e. The van der Waals surface area contributed by atoms with Crippen molar-refractivity contribution in [2.24, 2.45) is 0 Å². The lowest BCUT2D eigenvalue weighted by molar-refractivity contribution is -0.140. The third-order valence-electron chi connectivity index (χ3n) is 1.06. The van der Waals surface area contributed by atoms with Crippen LogP contribution in [0.1, 0.15) is 13.3 Å². The van der Waals surface area contributed by atoms with Gasteiger partial charge in [-0.2, -0.15) is 0 Å². The van der Waals surface area contributed by atoms with Gasteiger partial charge in [-0.3, -0.25) is 4.79 Å². The Hall–Kier alpha value is -0.570. The van der Waals surface area contributed by atoms with E-state index in [4.69, 9.17) is 4.74 Å². The van der Waals surface area contributed by atoms with Crippen LogP contribution in [0.25, 0.3) is 0 Å². The first-order chi connectivity index (χ1) is 3.83. The summed E-state index contributed by atoms with van der Waals surface area (Å²) >= 11 is 0. The van der Waals surface area contributed by atoms with Gasteiger partial charge >= 0.3 is 0 Å². The zero-order valence-corrected chi connectivity index (χ0v) is 4.81. The Kier molecular flexibility index (Phi) is 1.48. The summed E-state index contributed by atoms with van der Waals surface area (Å²) in [6, 6.07) is 0. The largest absolute Gasteiger partial charge is 0.358 e. The minimum absolute atomic E-state index is 0.00694. The highest BCUT2D eigenvalue weighted by Gasteiger charge is 2.24. The van der Waals surface area contributed by atoms with Gasteiger partial charge in [0.2, 0.25) is 5.91 Å². The third-order valence-corrected chi connectivity index (χ3v) is 1.06. The molecular weight excluding hydrogens is 106 g/mol. The lowest BCUT2D eigenvalue weighted by Gasteiger charge is -2.25. The van der Waals surface area contributed by atoms with Crippen LogP contribution in [-0.2, 0) is 9.53 Å². The summed E-state index contributed by atoms with van der Waals surface area (Å²) < 4.78 is 5.02. The first-order valence-corrected chi connectivity index (χ1v) is 2.74. The van der Waals surface area contributed by atoms with E-state index in [2.05, 4.69) is 5.32 Å². The van der Waals surface area contributed by atoms with Crippen molar-refractivity contribution in [2.75, 3.05) is 6.61 Å². The summed E-state index contributed by atoms with van der Waals surface area (Å²) in [6.45, 7) is 2.58. The molecule has 46 valence electrons. The fraction of sp³-hybridized carbons (Fsp3) is 0.800. The van der Waals surface area contributed by atoms with Crippen molar-refractivity contribution in [3.8, 4) is 0 Å². The van der Waals surface area contributed by atoms with E-state index in [1.807, 2.05) is 6.92 Å². The van der Waals surface area contributed by atoms with E-state index in [1.165, 1.54) is 0 Å². The zero-order chi connectivity index (χ0) is 5.98. The van der Waals surface area contributed by atoms with Crippen LogP contribution in [0.4, 0.5) is 0 Å². The lowest BCUT2D eigenvalue weighted by atomic mass is 10.2. The van der Waals surface area contributed by atoms with Crippen molar-refractivity contribution in [3.63, 3.8) is 0 Å². The van der Waals surface area contributed by atoms with Gasteiger partial charge in [0.15, 0.2) is 0 Å². The Balaban J connectivity index is 2.06. The van der Waals surface area contributed by atoms with Crippen molar-refractivity contribution < 1.29 is 9.53 Å². The van der Waals surface area contributed by atoms with Crippen LogP contribution in [0, 0.1) is 0 Å². The molecule has 0 aromatic rings. The molecule has 1 N–H and O–H groups in total. The van der Waals surface area contributed by atoms with Crippen molar-refractivity contribution in [3.05, 3.63) is 0 Å². The molecule has 1 rings (SSSR count). The lowest BCUT2D eigenvalue weighted by Crippen LogP contribution is -2.49. The van der Waals surface area contributed by atoms with Crippen molar-refractivity contribution in [1.82, 2.24) is 5.32 Å². The molecule has 0 unspecified atom stereocenters. The van der Waals surface area contributed by atoms with E-state index in [9.17, 15) is 4.79 Å². The Morgan fingerprint density at radius 1 is 2.00 bits per heavy atom. The average Bonchev–Trinajstić information content (AvgIpc) is 1.64. The first-order valence-electron chi connectivity index (χ1n) is 2.74. The van der Waals surface area contributed by atoms with Gasteiger partial charge in [0.1, 0.15) is 6.23 Å². The fourth-order valence-corrected chi connectivity index (χ4v) is 0.629. The topological polar surface area (TPSA) is 38.3 Å². The summed E-state index contributed by atoms with van der Waals surface area (Å²) in [7, 11) is 0. The van der Waals surface area contributed by atoms with Crippen LogP contribution < -0.4 is 5.32 Å². The van der Waals surface area contributed by atoms with Crippen molar-refractivity contribution in [1.29, 1.82) is 0 Å². The molecule has 1 saturated heterocycles. The van der Waals surface area contributed by atoms with Crippen LogP contribution in [0.2, 0.25) is 0 Å². The Morgan fingerprint density at radius 2 is 2.62 bits per heavy atom. The molecule has 1 heterocycles. The number of rotatable bonds is 2. The second-order valence-electron chi connectivity index (χ2n) is 1.72. The van der Waals surface area contributed by atoms with Crippen LogP contribution in [0.15, 0.2) is 0 Å². The highest BCUT2D eigenvalue weighted by Crippen LogP contribution is 2.03. The second kappa shape index (κ2) is 2.13. The summed E-state index contributed by atoms with van der Waals surface area (Å²) in [6.07, 6.45) is 0.542. The zero-order valence-electron chi connectivity index (χ0n) is 4.81. The van der Waals surface area contributed by atoms with E-state index in [1.54, 1.807) is 0 Å². The Morgan fingerprint density at radius 3 is 3.00 bits per heavy atom. The van der Waals surface area contributed by atoms with Gasteiger partial charge in [-0.05, 0) is 6.92 Å². The smallest absolute Gasteiger partial charge is 0.226 e. The predicted molar refractivity (Wildman–Crippen MR) is 28.2 cm³/mol. The maximum Gasteiger partial charge on any atom is 0.226 e. The number of hydrogen-bond donors (Lipinski definition) is 1. The minimum atomic E-state index is 0.00694. The predicted octanol–water partition coefficient (Wildman–Crippen LogP) is -0.131. The van der Waals surface area contributed by atoms with Gasteiger partial charge in [-0.1, -0.05) is 0 Å². The van der Waals surface area contributed by atoms with Gasteiger partial charge in [0.05, 0.1) is 6.42 Å². The van der Waals surface area contributed by atoms with Crippen LogP contribution in [0.3, 0.4) is 0 Å². The monoisotopic (exact) mass is 115 g/mol. The summed E-state index contributed by atoms with van der Waals surface area (Å²) in [4.78, 5) is 10.2. The van der Waals surface area contributed by atoms with Crippen LogP contribution >= 0.6 is 0 Å². The molecule has 3 nitrogen and oxygen atoms in total. The molecule has 1 aliphatic rings. The van der Waals surface area contributed by atoms with E-state index < -0.39 is 0 Å². The number of hydrogen-bond acceptors (Lipinski definition) is 2. The number of nitrogens with one attached hydrogen (secondary N) is 1. The number of amides is 1. The molecule has 0 aromatic carbocycles. The van der Waals surface area contributed by atoms with E-state index in [0.29, 0.717) is 13.0 Å². The molecule has 8 heavy (non-hydrogen) atoms. The van der Waals surface area contributed by atoms with Crippen molar-refractivity contribution in [2.45, 2.75) is 19.6 Å². The average molecular weight is 115 g/mol. The molecular formula is C5H9NO2. The number of carbonyl (C=O) groups excluding carboxylic acids is 1. The molecule has 3 heteroatoms. The maximum absolute atomic E-state index is 10.2. The van der Waals surface area contributed by atoms with E-state index in [0.717, 1.165) is 0 Å². The molecule has 1 atom stereocenters. The highest BCUT2D eigenvalue weighted by atomic mass is 16.5. The molecule has 1 aliphatic heterocycles. The van der Waals surface area contributed by atoms with Gasteiger partial charge in [-0.15, -0.1) is 0 Å². The van der Waals surface area contributed by atoms with Crippen molar-refractivity contribution >= 4 is 5.91 Å². The summed E-state index contributed by atoms with van der Waals surface area (Å²) in [5.41, 5.74) is 0. The summed E-state index contributed by atoms with van der Waals surface area (Å²) in [5.74, 6) is 0.0865. The Bertz CT molecular complexity index is 94.6. The number of β-lactam (4-membered cyclic amide) rings is 1. The van der Waals surface area contributed by atoms with Gasteiger partial charge in [0.25, 0.3) is 0 Å². The Labute approximate surface area is 48.0 Å². The standard InChI is InChI=1S/C5H9NO2/c1-2-8-5-3-4(7)6-5/h5H,2-3H2,1H3,(H,6,7)/t5-/m1/s1. The van der Waals surface area contributed by atoms with Gasteiger partial charge in [-0.25, -0.2) is 0 Å². The highest BCUT2D eigenvalue weighted by molar-refractivity contribution is 5.82. The fourth-order valence-electron chi connectivity index (χ4n) is 0.629. The quantitative estimate of drug-likeness (QED) is 0.509. The molecule has 0 aromatic heterocycles. The molecule has 1 fully saturated rings. The van der Waals surface area contributed by atoms with Crippen LogP contribution in [0.5, 0.6) is 0 Å². The molecule has 0 spiro atoms. The molecule has 0 aliphatic carbocycles. The number of ether oxygens (including phenoxy) is 1. The molecule has 0 radical (unpaired) electrons. The second-order valence-corrected chi connectivity index (χ2v) is 1.72. The van der Waals surface area contributed by atoms with E-state index in [-0.39, 0.29) is 12.1 Å². The normalized spacial score (nSPS) is 26.6. The van der Waals surface area contributed by atoms with Crippen LogP contribution in [-0.4, -0.2) is 18.7 Å². The molecule has 1 amide bonds. The number of carbonyl (C=O) groups is 1. The third kappa shape index (κ3) is 0.980. The molecule has 0 bridgehead atoms. The first kappa shape index (κ1) is 5.56. The van der Waals surface area contributed by atoms with E-state index >= 15 is 0 Å². The summed E-state index contributed by atoms with van der Waals surface area (Å²) in [5, 5.41) is 2.58. The van der Waals surface area contributed by atoms with Gasteiger partial charge in [0, 0.05) is 6.61 Å². The molecule has 0 saturated carbocycles. The van der Waals surface area contributed by atoms with Gasteiger partial charge < -0.3 is 10.1 Å². The SMILES string of the molecule is CCO[C@@H]1CC(=O)N1. The maximum atomic E-state index is 10.2.